The molecule has 0 spiro atoms. The monoisotopic (exact) mass is 189 g/mol. The molecule has 0 rings (SSSR count). The molecule has 0 unspecified atom stereocenters. The zero-order chi connectivity index (χ0) is 10.1. The lowest BCUT2D eigenvalue weighted by Crippen LogP contribution is -2.12. The van der Waals surface area contributed by atoms with Gasteiger partial charge in [0.1, 0.15) is 0 Å². The van der Waals surface area contributed by atoms with Crippen molar-refractivity contribution in [2.45, 2.75) is 26.7 Å². The normalized spacial score (nSPS) is 9.08. The topological polar surface area (TPSA) is 71.1 Å². The second-order valence-corrected chi connectivity index (χ2v) is 1.91. The molecular weight excluding hydrogens is 179 g/mol. The van der Waals surface area contributed by atoms with E-state index in [4.69, 9.17) is 0 Å². The summed E-state index contributed by atoms with van der Waals surface area (Å²) in [4.78, 5) is 37.3. The molecule has 0 aromatic heterocycles. The third kappa shape index (κ3) is 7.29. The zero-order valence-electron chi connectivity index (χ0n) is 7.44. The van der Waals surface area contributed by atoms with E-state index in [1.165, 1.54) is 0 Å². The molecule has 0 saturated carbocycles. The molecule has 0 amide bonds. The predicted molar refractivity (Wildman–Crippen MR) is 40.7 cm³/mol. The van der Waals surface area contributed by atoms with Crippen molar-refractivity contribution in [2.75, 3.05) is 0 Å². The molecule has 0 bridgehead atoms. The van der Waals surface area contributed by atoms with Gasteiger partial charge in [-0.3, -0.25) is 0 Å². The van der Waals surface area contributed by atoms with Gasteiger partial charge in [-0.1, -0.05) is 13.8 Å². The van der Waals surface area contributed by atoms with Gasteiger partial charge in [0.2, 0.25) is 0 Å². The zero-order valence-corrected chi connectivity index (χ0v) is 7.44. The molecule has 7 heteroatoms. The fourth-order valence-corrected chi connectivity index (χ4v) is 0.280. The fourth-order valence-electron chi connectivity index (χ4n) is 0.280. The maximum atomic E-state index is 10.4. The van der Waals surface area contributed by atoms with E-state index in [1.54, 1.807) is 13.8 Å². The third-order valence-corrected chi connectivity index (χ3v) is 0.938. The molecule has 0 fully saturated rings. The SMILES string of the molecule is CCC(=O)OO[B]OOC(=O)CC. The van der Waals surface area contributed by atoms with Crippen molar-refractivity contribution in [3.63, 3.8) is 0 Å². The first-order chi connectivity index (χ1) is 6.20. The molecule has 0 aromatic rings. The lowest BCUT2D eigenvalue weighted by atomic mass is 10.4. The lowest BCUT2D eigenvalue weighted by Gasteiger charge is -2.00. The first kappa shape index (κ1) is 11.9. The van der Waals surface area contributed by atoms with E-state index in [0.717, 1.165) is 0 Å². The number of hydrogen-bond donors (Lipinski definition) is 0. The first-order valence-corrected chi connectivity index (χ1v) is 3.74. The first-order valence-electron chi connectivity index (χ1n) is 3.74. The van der Waals surface area contributed by atoms with Crippen molar-refractivity contribution in [3.8, 4) is 0 Å². The van der Waals surface area contributed by atoms with Crippen molar-refractivity contribution < 1.29 is 29.0 Å². The van der Waals surface area contributed by atoms with Gasteiger partial charge in [0.05, 0.1) is 0 Å². The van der Waals surface area contributed by atoms with E-state index in [9.17, 15) is 9.59 Å². The van der Waals surface area contributed by atoms with Gasteiger partial charge in [0.25, 0.3) is 0 Å². The van der Waals surface area contributed by atoms with Crippen LogP contribution in [0, 0.1) is 0 Å². The van der Waals surface area contributed by atoms with Gasteiger partial charge >= 0.3 is 19.6 Å². The van der Waals surface area contributed by atoms with Crippen LogP contribution in [-0.4, -0.2) is 19.6 Å². The van der Waals surface area contributed by atoms with Crippen LogP contribution in [0.1, 0.15) is 26.7 Å². The van der Waals surface area contributed by atoms with Gasteiger partial charge in [0.15, 0.2) is 0 Å². The van der Waals surface area contributed by atoms with Crippen LogP contribution >= 0.6 is 0 Å². The number of hydrogen-bond acceptors (Lipinski definition) is 6. The molecule has 0 heterocycles. The average Bonchev–Trinajstić information content (AvgIpc) is 2.16. The lowest BCUT2D eigenvalue weighted by molar-refractivity contribution is -0.254. The van der Waals surface area contributed by atoms with Gasteiger partial charge in [0, 0.05) is 12.8 Å². The van der Waals surface area contributed by atoms with Crippen LogP contribution in [0.5, 0.6) is 0 Å². The van der Waals surface area contributed by atoms with Crippen molar-refractivity contribution in [2.24, 2.45) is 0 Å². The largest absolute Gasteiger partial charge is 0.592 e. The highest BCUT2D eigenvalue weighted by Crippen LogP contribution is 1.88. The molecule has 0 aliphatic heterocycles. The van der Waals surface area contributed by atoms with E-state index in [0.29, 0.717) is 7.69 Å². The summed E-state index contributed by atoms with van der Waals surface area (Å²) in [7, 11) is 0.598. The predicted octanol–water partition coefficient (Wildman–Crippen LogP) is 0.290. The molecule has 1 radical (unpaired) electrons. The summed E-state index contributed by atoms with van der Waals surface area (Å²) in [6, 6.07) is 0. The summed E-state index contributed by atoms with van der Waals surface area (Å²) in [6.07, 6.45) is 0.366. The van der Waals surface area contributed by atoms with E-state index in [1.807, 2.05) is 0 Å². The van der Waals surface area contributed by atoms with Crippen LogP contribution in [0.4, 0.5) is 0 Å². The van der Waals surface area contributed by atoms with Gasteiger partial charge in [-0.05, 0) is 0 Å². The van der Waals surface area contributed by atoms with Crippen molar-refractivity contribution in [1.29, 1.82) is 0 Å². The molecule has 0 aliphatic carbocycles. The second kappa shape index (κ2) is 7.57. The van der Waals surface area contributed by atoms with Crippen LogP contribution in [0.2, 0.25) is 0 Å². The summed E-state index contributed by atoms with van der Waals surface area (Å²) >= 11 is 0. The quantitative estimate of drug-likeness (QED) is 0.259. The molecule has 13 heavy (non-hydrogen) atoms. The summed E-state index contributed by atoms with van der Waals surface area (Å²) < 4.78 is 0. The summed E-state index contributed by atoms with van der Waals surface area (Å²) in [6.45, 7) is 3.20. The van der Waals surface area contributed by atoms with Crippen molar-refractivity contribution in [1.82, 2.24) is 0 Å². The van der Waals surface area contributed by atoms with Crippen LogP contribution in [-0.2, 0) is 29.0 Å². The van der Waals surface area contributed by atoms with E-state index in [-0.39, 0.29) is 12.8 Å². The number of carbonyl (C=O) groups excluding carboxylic acids is 2. The highest BCUT2D eigenvalue weighted by atomic mass is 17.3. The minimum Gasteiger partial charge on any atom is -0.312 e. The molecule has 6 nitrogen and oxygen atoms in total. The number of carbonyl (C=O) groups is 2. The van der Waals surface area contributed by atoms with Crippen LogP contribution in [0.15, 0.2) is 0 Å². The third-order valence-electron chi connectivity index (χ3n) is 0.938. The standard InChI is InChI=1S/C6H10BO6/c1-3-5(8)10-12-7-13-11-6(9)4-2/h3-4H2,1-2H3. The molecule has 73 valence electrons. The Labute approximate surface area is 76.3 Å². The van der Waals surface area contributed by atoms with Gasteiger partial charge < -0.3 is 9.78 Å². The molecule has 0 atom stereocenters. The number of rotatable bonds is 6. The molecule has 0 N–H and O–H groups in total. The maximum absolute atomic E-state index is 10.4. The maximum Gasteiger partial charge on any atom is 0.592 e. The Balaban J connectivity index is 3.17. The molecule has 0 aromatic carbocycles. The minimum absolute atomic E-state index is 0.183. The highest BCUT2D eigenvalue weighted by Gasteiger charge is 2.05. The van der Waals surface area contributed by atoms with E-state index < -0.39 is 11.9 Å². The summed E-state index contributed by atoms with van der Waals surface area (Å²) in [5, 5.41) is 0. The Morgan fingerprint density at radius 2 is 1.38 bits per heavy atom. The molecular formula is C6H10BO6. The van der Waals surface area contributed by atoms with Crippen LogP contribution in [0.3, 0.4) is 0 Å². The average molecular weight is 189 g/mol. The van der Waals surface area contributed by atoms with E-state index >= 15 is 0 Å². The Kier molecular flexibility index (Phi) is 6.94. The van der Waals surface area contributed by atoms with Gasteiger partial charge in [-0.25, -0.2) is 19.2 Å². The van der Waals surface area contributed by atoms with Crippen LogP contribution < -0.4 is 0 Å². The fraction of sp³-hybridized carbons (Fsp3) is 0.667. The summed E-state index contributed by atoms with van der Waals surface area (Å²) in [5.74, 6) is -1.11. The second-order valence-electron chi connectivity index (χ2n) is 1.91. The van der Waals surface area contributed by atoms with Crippen molar-refractivity contribution in [3.05, 3.63) is 0 Å². The van der Waals surface area contributed by atoms with E-state index in [2.05, 4.69) is 19.4 Å². The minimum atomic E-state index is -0.554. The Bertz CT molecular complexity index is 153. The summed E-state index contributed by atoms with van der Waals surface area (Å²) in [5.41, 5.74) is 0. The molecule has 0 aliphatic rings. The van der Waals surface area contributed by atoms with Crippen LogP contribution in [0.25, 0.3) is 0 Å². The smallest absolute Gasteiger partial charge is 0.312 e. The Morgan fingerprint density at radius 1 is 1.00 bits per heavy atom. The highest BCUT2D eigenvalue weighted by molar-refractivity contribution is 6.17. The van der Waals surface area contributed by atoms with Gasteiger partial charge in [-0.2, -0.15) is 0 Å². The Morgan fingerprint density at radius 3 is 1.69 bits per heavy atom. The van der Waals surface area contributed by atoms with Crippen molar-refractivity contribution >= 4 is 19.6 Å². The van der Waals surface area contributed by atoms with Gasteiger partial charge in [-0.15, -0.1) is 0 Å². The Hall–Kier alpha value is -1.08. The molecule has 0 saturated heterocycles.